The van der Waals surface area contributed by atoms with Crippen LogP contribution in [0.15, 0.2) is 91.6 Å². The second-order valence-corrected chi connectivity index (χ2v) is 8.09. The number of benzene rings is 3. The van der Waals surface area contributed by atoms with Gasteiger partial charge in [-0.25, -0.2) is 4.39 Å². The molecule has 34 heavy (non-hydrogen) atoms. The van der Waals surface area contributed by atoms with Crippen molar-refractivity contribution >= 4 is 27.9 Å². The van der Waals surface area contributed by atoms with Crippen LogP contribution in [0, 0.1) is 5.82 Å². The summed E-state index contributed by atoms with van der Waals surface area (Å²) in [5.74, 6) is -1.42. The van der Waals surface area contributed by atoms with E-state index in [9.17, 15) is 18.8 Å². The maximum absolute atomic E-state index is 13.3. The summed E-state index contributed by atoms with van der Waals surface area (Å²) in [5, 5.41) is 0.648. The van der Waals surface area contributed by atoms with Crippen molar-refractivity contribution in [2.24, 2.45) is 0 Å². The number of halogens is 1. The molecule has 1 atom stereocenters. The molecule has 5 aromatic rings. The van der Waals surface area contributed by atoms with Crippen LogP contribution in [-0.4, -0.2) is 5.97 Å². The van der Waals surface area contributed by atoms with E-state index in [-0.39, 0.29) is 45.1 Å². The number of carbonyl (C=O) groups is 1. The molecule has 0 fully saturated rings. The number of fused-ring (bicyclic) bond motifs is 4. The molecule has 0 radical (unpaired) electrons. The highest BCUT2D eigenvalue weighted by atomic mass is 19.1. The Morgan fingerprint density at radius 3 is 2.41 bits per heavy atom. The summed E-state index contributed by atoms with van der Waals surface area (Å²) in [5.41, 5.74) is 1.54. The van der Waals surface area contributed by atoms with Crippen LogP contribution in [0.3, 0.4) is 0 Å². The van der Waals surface area contributed by atoms with Gasteiger partial charge in [-0.3, -0.25) is 14.4 Å². The Kier molecular flexibility index (Phi) is 4.45. The summed E-state index contributed by atoms with van der Waals surface area (Å²) in [4.78, 5) is 39.0. The van der Waals surface area contributed by atoms with E-state index < -0.39 is 17.7 Å². The summed E-state index contributed by atoms with van der Waals surface area (Å²) < 4.78 is 30.3. The highest BCUT2D eigenvalue weighted by molar-refractivity contribution is 5.90. The summed E-state index contributed by atoms with van der Waals surface area (Å²) >= 11 is 0. The van der Waals surface area contributed by atoms with Crippen molar-refractivity contribution < 1.29 is 22.8 Å². The number of para-hydroxylation sites is 1. The zero-order chi connectivity index (χ0) is 23.4. The molecule has 6 nitrogen and oxygen atoms in total. The van der Waals surface area contributed by atoms with Crippen LogP contribution in [-0.2, 0) is 4.79 Å². The third-order valence-electron chi connectivity index (χ3n) is 6.12. The van der Waals surface area contributed by atoms with Gasteiger partial charge in [-0.1, -0.05) is 24.3 Å². The van der Waals surface area contributed by atoms with Crippen molar-refractivity contribution in [3.63, 3.8) is 0 Å². The molecule has 0 saturated heterocycles. The highest BCUT2D eigenvalue weighted by Crippen LogP contribution is 2.42. The number of hydrogen-bond acceptors (Lipinski definition) is 6. The Hall–Kier alpha value is -4.52. The number of ether oxygens (including phenoxy) is 1. The van der Waals surface area contributed by atoms with E-state index in [1.54, 1.807) is 24.3 Å². The van der Waals surface area contributed by atoms with Crippen LogP contribution in [0.25, 0.3) is 33.1 Å². The quantitative estimate of drug-likeness (QED) is 0.271. The van der Waals surface area contributed by atoms with Gasteiger partial charge >= 0.3 is 5.97 Å². The lowest BCUT2D eigenvalue weighted by Gasteiger charge is -2.25. The summed E-state index contributed by atoms with van der Waals surface area (Å²) in [6.07, 6.45) is 2.54. The normalized spacial score (nSPS) is 15.3. The smallest absolute Gasteiger partial charge is 0.312 e. The molecule has 1 unspecified atom stereocenters. The molecule has 3 heterocycles. The molecular formula is C27H15FO6. The van der Waals surface area contributed by atoms with E-state index in [4.69, 9.17) is 13.6 Å². The Morgan fingerprint density at radius 2 is 1.59 bits per heavy atom. The zero-order valence-corrected chi connectivity index (χ0v) is 17.5. The van der Waals surface area contributed by atoms with Gasteiger partial charge in [0.1, 0.15) is 29.0 Å². The Bertz CT molecular complexity index is 1730. The Morgan fingerprint density at radius 1 is 0.794 bits per heavy atom. The molecule has 1 aliphatic rings. The molecule has 0 N–H and O–H groups in total. The largest absolute Gasteiger partial charge is 0.464 e. The van der Waals surface area contributed by atoms with Gasteiger partial charge in [0, 0.05) is 17.0 Å². The molecule has 0 aliphatic carbocycles. The van der Waals surface area contributed by atoms with Crippen molar-refractivity contribution in [1.29, 1.82) is 0 Å². The first-order chi connectivity index (χ1) is 16.5. The minimum absolute atomic E-state index is 0.112. The van der Waals surface area contributed by atoms with E-state index in [2.05, 4.69) is 0 Å². The van der Waals surface area contributed by atoms with Crippen LogP contribution >= 0.6 is 0 Å². The highest BCUT2D eigenvalue weighted by Gasteiger charge is 2.34. The van der Waals surface area contributed by atoms with Gasteiger partial charge in [0.05, 0.1) is 29.0 Å². The summed E-state index contributed by atoms with van der Waals surface area (Å²) in [7, 11) is 0. The van der Waals surface area contributed by atoms with Crippen LogP contribution in [0.1, 0.15) is 23.5 Å². The molecule has 166 valence electrons. The van der Waals surface area contributed by atoms with Crippen molar-refractivity contribution in [2.45, 2.75) is 12.3 Å². The fourth-order valence-electron chi connectivity index (χ4n) is 4.48. The van der Waals surface area contributed by atoms with Crippen LogP contribution in [0.5, 0.6) is 5.75 Å². The Labute approximate surface area is 190 Å². The zero-order valence-electron chi connectivity index (χ0n) is 17.5. The van der Waals surface area contributed by atoms with Gasteiger partial charge in [-0.05, 0) is 42.0 Å². The number of hydrogen-bond donors (Lipinski definition) is 0. The lowest BCUT2D eigenvalue weighted by atomic mass is 9.85. The molecule has 0 bridgehead atoms. The minimum Gasteiger partial charge on any atom is -0.464 e. The maximum atomic E-state index is 13.3. The first kappa shape index (κ1) is 20.1. The second kappa shape index (κ2) is 7.52. The van der Waals surface area contributed by atoms with Crippen molar-refractivity contribution in [3.05, 3.63) is 111 Å². The van der Waals surface area contributed by atoms with Crippen molar-refractivity contribution in [3.8, 4) is 16.9 Å². The predicted octanol–water partition coefficient (Wildman–Crippen LogP) is 5.15. The first-order valence-corrected chi connectivity index (χ1v) is 10.6. The van der Waals surface area contributed by atoms with Gasteiger partial charge in [0.15, 0.2) is 5.43 Å². The van der Waals surface area contributed by atoms with Gasteiger partial charge in [-0.15, -0.1) is 0 Å². The van der Waals surface area contributed by atoms with E-state index >= 15 is 0 Å². The van der Waals surface area contributed by atoms with E-state index in [1.807, 2.05) is 0 Å². The van der Waals surface area contributed by atoms with E-state index in [0.29, 0.717) is 22.1 Å². The number of rotatable bonds is 2. The molecule has 7 heteroatoms. The minimum atomic E-state index is -0.722. The second-order valence-electron chi connectivity index (χ2n) is 8.09. The number of carbonyl (C=O) groups excluding carboxylic acids is 1. The van der Waals surface area contributed by atoms with E-state index in [1.165, 1.54) is 48.9 Å². The van der Waals surface area contributed by atoms with Crippen LogP contribution in [0.4, 0.5) is 4.39 Å². The SMILES string of the molecule is O=C1CC(c2coc3ccccc3c2=O)c2c(ccc3c(=O)c(-c4ccc(F)cc4)coc23)O1. The molecule has 1 aliphatic heterocycles. The lowest BCUT2D eigenvalue weighted by Crippen LogP contribution is -2.25. The third kappa shape index (κ3) is 3.05. The molecule has 6 rings (SSSR count). The molecule has 0 spiro atoms. The molecule has 3 aromatic carbocycles. The van der Waals surface area contributed by atoms with Gasteiger partial charge in [0.2, 0.25) is 5.43 Å². The third-order valence-corrected chi connectivity index (χ3v) is 6.12. The molecule has 2 aromatic heterocycles. The molecule has 0 amide bonds. The van der Waals surface area contributed by atoms with Crippen LogP contribution < -0.4 is 15.6 Å². The lowest BCUT2D eigenvalue weighted by molar-refractivity contribution is -0.135. The predicted molar refractivity (Wildman–Crippen MR) is 122 cm³/mol. The average molecular weight is 454 g/mol. The monoisotopic (exact) mass is 454 g/mol. The summed E-state index contributed by atoms with van der Waals surface area (Å²) in [6, 6.07) is 15.4. The fraction of sp³-hybridized carbons (Fsp3) is 0.0741. The van der Waals surface area contributed by atoms with Gasteiger partial charge in [0.25, 0.3) is 0 Å². The summed E-state index contributed by atoms with van der Waals surface area (Å²) in [6.45, 7) is 0. The first-order valence-electron chi connectivity index (χ1n) is 10.6. The van der Waals surface area contributed by atoms with Crippen molar-refractivity contribution in [2.75, 3.05) is 0 Å². The standard InChI is InChI=1S/C27H15FO6/c28-15-7-5-14(6-8-15)19-12-33-27-17(26(19)31)9-10-22-24(27)18(11-23(29)34-22)20-13-32-21-4-2-1-3-16(21)25(20)30/h1-10,12-13,18H,11H2. The Balaban J connectivity index is 1.59. The topological polar surface area (TPSA) is 86.7 Å². The maximum Gasteiger partial charge on any atom is 0.312 e. The van der Waals surface area contributed by atoms with E-state index in [0.717, 1.165) is 0 Å². The number of esters is 1. The average Bonchev–Trinajstić information content (AvgIpc) is 2.84. The van der Waals surface area contributed by atoms with Gasteiger partial charge in [-0.2, -0.15) is 0 Å². The van der Waals surface area contributed by atoms with Gasteiger partial charge < -0.3 is 13.6 Å². The fourth-order valence-corrected chi connectivity index (χ4v) is 4.48. The molecular weight excluding hydrogens is 439 g/mol. The van der Waals surface area contributed by atoms with Crippen molar-refractivity contribution in [1.82, 2.24) is 0 Å². The molecule has 0 saturated carbocycles. The van der Waals surface area contributed by atoms with Crippen LogP contribution in [0.2, 0.25) is 0 Å².